The summed E-state index contributed by atoms with van der Waals surface area (Å²) in [6.07, 6.45) is -6.50. The molecule has 6 nitrogen and oxygen atoms in total. The van der Waals surface area contributed by atoms with E-state index in [1.807, 2.05) is 0 Å². The van der Waals surface area contributed by atoms with Gasteiger partial charge in [0.05, 0.1) is 29.2 Å². The molecule has 0 N–H and O–H groups in total. The van der Waals surface area contributed by atoms with Gasteiger partial charge in [0.25, 0.3) is 0 Å². The number of anilines is 1. The zero-order valence-electron chi connectivity index (χ0n) is 18.7. The highest BCUT2D eigenvalue weighted by atomic mass is 35.5. The van der Waals surface area contributed by atoms with Gasteiger partial charge in [0.15, 0.2) is 0 Å². The van der Waals surface area contributed by atoms with Gasteiger partial charge in [0.1, 0.15) is 0 Å². The summed E-state index contributed by atoms with van der Waals surface area (Å²) in [7, 11) is 0. The third-order valence-corrected chi connectivity index (χ3v) is 7.43. The Kier molecular flexibility index (Phi) is 4.99. The van der Waals surface area contributed by atoms with E-state index in [1.54, 1.807) is 0 Å². The molecule has 2 saturated heterocycles. The number of hydrogen-bond acceptors (Lipinski definition) is 5. The van der Waals surface area contributed by atoms with E-state index in [0.29, 0.717) is 5.02 Å². The molecule has 0 bridgehead atoms. The lowest BCUT2D eigenvalue weighted by Gasteiger charge is -2.28. The molecular weight excluding hydrogens is 511 g/mol. The standard InChI is InChI=1S/C27H15ClF3NO5/c28-13-9-11-14(12-10-13)32-24(35)19-20(25(32)36)26(22(33)15-5-1-2-6-16(15)23(26)34)37-21(19)17-7-3-4-8-18(17)27(29,30)31/h1-12,19-21H. The summed E-state index contributed by atoms with van der Waals surface area (Å²) in [5.41, 5.74) is -3.90. The van der Waals surface area contributed by atoms with Crippen molar-refractivity contribution in [2.45, 2.75) is 17.9 Å². The van der Waals surface area contributed by atoms with Gasteiger partial charge >= 0.3 is 6.18 Å². The van der Waals surface area contributed by atoms with Crippen LogP contribution in [0.2, 0.25) is 5.02 Å². The number of fused-ring (bicyclic) bond motifs is 3. The Labute approximate surface area is 212 Å². The maximum Gasteiger partial charge on any atom is 0.416 e. The van der Waals surface area contributed by atoms with E-state index in [0.717, 1.165) is 17.0 Å². The monoisotopic (exact) mass is 525 g/mol. The van der Waals surface area contributed by atoms with Crippen LogP contribution in [0.4, 0.5) is 18.9 Å². The van der Waals surface area contributed by atoms with Crippen LogP contribution in [-0.4, -0.2) is 29.0 Å². The Morgan fingerprint density at radius 2 is 1.35 bits per heavy atom. The molecule has 0 saturated carbocycles. The van der Waals surface area contributed by atoms with E-state index in [4.69, 9.17) is 16.3 Å². The summed E-state index contributed by atoms with van der Waals surface area (Å²) in [6, 6.07) is 16.0. The molecule has 2 amide bonds. The van der Waals surface area contributed by atoms with Gasteiger partial charge in [0, 0.05) is 16.1 Å². The first-order chi connectivity index (χ1) is 17.6. The van der Waals surface area contributed by atoms with Crippen LogP contribution in [0, 0.1) is 11.8 Å². The SMILES string of the molecule is O=C1C2C(c3ccccc3C(F)(F)F)OC3(C(=O)c4ccccc4C3=O)C2C(=O)N1c1ccc(Cl)cc1. The Morgan fingerprint density at radius 1 is 0.784 bits per heavy atom. The van der Waals surface area contributed by atoms with Crippen molar-refractivity contribution in [2.24, 2.45) is 11.8 Å². The molecule has 3 unspecified atom stereocenters. The fourth-order valence-electron chi connectivity index (χ4n) is 5.65. The molecule has 0 aromatic heterocycles. The normalized spacial score (nSPS) is 24.2. The van der Waals surface area contributed by atoms with Crippen molar-refractivity contribution in [1.29, 1.82) is 0 Å². The highest BCUT2D eigenvalue weighted by molar-refractivity contribution is 6.37. The number of hydrogen-bond donors (Lipinski definition) is 0. The van der Waals surface area contributed by atoms with Crippen molar-refractivity contribution in [3.8, 4) is 0 Å². The lowest BCUT2D eigenvalue weighted by Crippen LogP contribution is -2.51. The predicted octanol–water partition coefficient (Wildman–Crippen LogP) is 5.05. The minimum Gasteiger partial charge on any atom is -0.349 e. The fraction of sp³-hybridized carbons (Fsp3) is 0.185. The largest absolute Gasteiger partial charge is 0.416 e. The number of imide groups is 1. The molecule has 1 aliphatic carbocycles. The first-order valence-electron chi connectivity index (χ1n) is 11.2. The number of halogens is 4. The quantitative estimate of drug-likeness (QED) is 0.345. The van der Waals surface area contributed by atoms with Crippen molar-refractivity contribution in [2.75, 3.05) is 4.90 Å². The van der Waals surface area contributed by atoms with Gasteiger partial charge in [-0.3, -0.25) is 19.2 Å². The molecule has 2 aliphatic heterocycles. The van der Waals surface area contributed by atoms with Crippen LogP contribution in [0.1, 0.15) is 37.9 Å². The second kappa shape index (κ2) is 7.84. The molecule has 186 valence electrons. The van der Waals surface area contributed by atoms with Crippen molar-refractivity contribution in [1.82, 2.24) is 0 Å². The number of alkyl halides is 3. The van der Waals surface area contributed by atoms with E-state index < -0.39 is 64.2 Å². The van der Waals surface area contributed by atoms with E-state index in [9.17, 15) is 32.3 Å². The predicted molar refractivity (Wildman–Crippen MR) is 124 cm³/mol. The van der Waals surface area contributed by atoms with Gasteiger partial charge in [0.2, 0.25) is 29.0 Å². The number of Topliss-reactive ketones (excluding diaryl/α,β-unsaturated/α-hetero) is 2. The minimum absolute atomic E-state index is 0.0128. The third kappa shape index (κ3) is 3.10. The fourth-order valence-corrected chi connectivity index (χ4v) is 5.77. The Balaban J connectivity index is 1.57. The molecule has 3 aromatic rings. The van der Waals surface area contributed by atoms with Crippen LogP contribution in [0.3, 0.4) is 0 Å². The van der Waals surface area contributed by atoms with Crippen molar-refractivity contribution in [3.63, 3.8) is 0 Å². The molecule has 0 radical (unpaired) electrons. The van der Waals surface area contributed by atoms with Crippen molar-refractivity contribution < 1.29 is 37.1 Å². The van der Waals surface area contributed by atoms with Crippen LogP contribution in [-0.2, 0) is 20.5 Å². The molecule has 3 aliphatic rings. The van der Waals surface area contributed by atoms with Gasteiger partial charge in [-0.25, -0.2) is 4.90 Å². The van der Waals surface area contributed by atoms with E-state index in [1.165, 1.54) is 60.7 Å². The van der Waals surface area contributed by atoms with Gasteiger partial charge < -0.3 is 4.74 Å². The molecule has 37 heavy (non-hydrogen) atoms. The second-order valence-corrected chi connectivity index (χ2v) is 9.49. The van der Waals surface area contributed by atoms with Crippen LogP contribution < -0.4 is 4.90 Å². The number of ketones is 2. The van der Waals surface area contributed by atoms with Crippen molar-refractivity contribution in [3.05, 3.63) is 100 Å². The van der Waals surface area contributed by atoms with E-state index >= 15 is 0 Å². The van der Waals surface area contributed by atoms with Crippen LogP contribution >= 0.6 is 11.6 Å². The molecule has 6 rings (SSSR count). The summed E-state index contributed by atoms with van der Waals surface area (Å²) in [5.74, 6) is -6.68. The minimum atomic E-state index is -4.82. The number of carbonyl (C=O) groups is 4. The average molecular weight is 526 g/mol. The highest BCUT2D eigenvalue weighted by Gasteiger charge is 2.75. The number of amides is 2. The number of rotatable bonds is 2. The summed E-state index contributed by atoms with van der Waals surface area (Å²) >= 11 is 5.93. The molecular formula is C27H15ClF3NO5. The lowest BCUT2D eigenvalue weighted by molar-refractivity contribution is -0.141. The Bertz CT molecular complexity index is 1480. The summed E-state index contributed by atoms with van der Waals surface area (Å²) < 4.78 is 47.9. The third-order valence-electron chi connectivity index (χ3n) is 7.18. The van der Waals surface area contributed by atoms with Crippen molar-refractivity contribution >= 4 is 40.7 Å². The van der Waals surface area contributed by atoms with E-state index in [2.05, 4.69) is 0 Å². The van der Waals surface area contributed by atoms with Gasteiger partial charge in [-0.1, -0.05) is 54.1 Å². The number of benzene rings is 3. The Morgan fingerprint density at radius 3 is 1.95 bits per heavy atom. The number of carbonyl (C=O) groups excluding carboxylic acids is 4. The maximum atomic E-state index is 14.0. The lowest BCUT2D eigenvalue weighted by atomic mass is 9.76. The first kappa shape index (κ1) is 23.6. The molecule has 10 heteroatoms. The molecule has 2 fully saturated rings. The highest BCUT2D eigenvalue weighted by Crippen LogP contribution is 2.58. The zero-order chi connectivity index (χ0) is 26.3. The summed E-state index contributed by atoms with van der Waals surface area (Å²) in [6.45, 7) is 0. The molecule has 1 spiro atoms. The van der Waals surface area contributed by atoms with Gasteiger partial charge in [-0.2, -0.15) is 13.2 Å². The van der Waals surface area contributed by atoms with Crippen LogP contribution in [0.5, 0.6) is 0 Å². The second-order valence-electron chi connectivity index (χ2n) is 9.05. The van der Waals surface area contributed by atoms with Gasteiger partial charge in [-0.05, 0) is 35.9 Å². The molecule has 3 atom stereocenters. The van der Waals surface area contributed by atoms with Crippen LogP contribution in [0.25, 0.3) is 0 Å². The first-order valence-corrected chi connectivity index (χ1v) is 11.6. The number of nitrogens with zero attached hydrogens (tertiary/aromatic N) is 1. The van der Waals surface area contributed by atoms with E-state index in [-0.39, 0.29) is 16.8 Å². The van der Waals surface area contributed by atoms with Gasteiger partial charge in [-0.15, -0.1) is 0 Å². The smallest absolute Gasteiger partial charge is 0.349 e. The molecule has 2 heterocycles. The Hall–Kier alpha value is -3.82. The summed E-state index contributed by atoms with van der Waals surface area (Å²) in [4.78, 5) is 55.8. The van der Waals surface area contributed by atoms with Crippen LogP contribution in [0.15, 0.2) is 72.8 Å². The topological polar surface area (TPSA) is 80.8 Å². The maximum absolute atomic E-state index is 14.0. The average Bonchev–Trinajstić information content (AvgIpc) is 3.44. The number of ether oxygens (including phenoxy) is 1. The zero-order valence-corrected chi connectivity index (χ0v) is 19.4. The summed E-state index contributed by atoms with van der Waals surface area (Å²) in [5, 5.41) is 0.330. The molecule has 3 aromatic carbocycles.